The van der Waals surface area contributed by atoms with Gasteiger partial charge in [-0.05, 0) is 42.0 Å². The molecule has 37 heavy (non-hydrogen) atoms. The fraction of sp³-hybridized carbons (Fsp3) is 0.480. The summed E-state index contributed by atoms with van der Waals surface area (Å²) >= 11 is 1.53. The minimum Gasteiger partial charge on any atom is -0.353 e. The number of imide groups is 1. The largest absolute Gasteiger partial charge is 0.353 e. The van der Waals surface area contributed by atoms with Crippen LogP contribution in [0.1, 0.15) is 32.3 Å². The van der Waals surface area contributed by atoms with E-state index in [1.165, 1.54) is 23.9 Å². The SMILES string of the molecule is CC[C@H](C)[C@H](NC(=O)[C@H](CCSC)NC(=O)Nc1ccc(CN)cc1)C(=O)NCCN1C(=O)C=CC1=O. The number of urea groups is 1. The van der Waals surface area contributed by atoms with Crippen LogP contribution >= 0.6 is 11.8 Å². The van der Waals surface area contributed by atoms with Crippen molar-refractivity contribution in [2.75, 3.05) is 30.4 Å². The van der Waals surface area contributed by atoms with Crippen LogP contribution in [0, 0.1) is 5.92 Å². The van der Waals surface area contributed by atoms with Crippen LogP contribution in [0.5, 0.6) is 0 Å². The summed E-state index contributed by atoms with van der Waals surface area (Å²) in [6.07, 6.45) is 5.24. The predicted molar refractivity (Wildman–Crippen MR) is 144 cm³/mol. The van der Waals surface area contributed by atoms with Gasteiger partial charge in [0.2, 0.25) is 11.8 Å². The first kappa shape index (κ1) is 29.8. The van der Waals surface area contributed by atoms with Crippen molar-refractivity contribution >= 4 is 47.1 Å². The average Bonchev–Trinajstić information content (AvgIpc) is 3.21. The van der Waals surface area contributed by atoms with Crippen molar-refractivity contribution in [3.63, 3.8) is 0 Å². The monoisotopic (exact) mass is 532 g/mol. The number of nitrogens with two attached hydrogens (primary N) is 1. The average molecular weight is 533 g/mol. The van der Waals surface area contributed by atoms with Crippen molar-refractivity contribution in [2.24, 2.45) is 11.7 Å². The Morgan fingerprint density at radius 3 is 2.24 bits per heavy atom. The summed E-state index contributed by atoms with van der Waals surface area (Å²) in [6.45, 7) is 4.21. The van der Waals surface area contributed by atoms with Gasteiger partial charge in [0.05, 0.1) is 0 Å². The molecule has 1 aromatic rings. The Balaban J connectivity index is 1.99. The number of thioether (sulfide) groups is 1. The standard InChI is InChI=1S/C25H36N6O5S/c1-4-16(2)22(24(35)27-12-13-31-20(32)9-10-21(31)33)30-23(34)19(11-14-37-3)29-25(36)28-18-7-5-17(15-26)6-8-18/h5-10,16,19,22H,4,11-15,26H2,1-3H3,(H,27,35)(H,30,34)(H2,28,29,36)/t16-,19-,22-/m0/s1. The Bertz CT molecular complexity index is 982. The normalized spacial score (nSPS) is 15.2. The molecule has 12 heteroatoms. The van der Waals surface area contributed by atoms with Gasteiger partial charge >= 0.3 is 6.03 Å². The third kappa shape index (κ3) is 9.21. The molecular formula is C25H36N6O5S. The Morgan fingerprint density at radius 1 is 1.03 bits per heavy atom. The molecule has 0 radical (unpaired) electrons. The van der Waals surface area contributed by atoms with E-state index in [0.717, 1.165) is 10.5 Å². The van der Waals surface area contributed by atoms with Crippen molar-refractivity contribution < 1.29 is 24.0 Å². The zero-order valence-electron chi connectivity index (χ0n) is 21.4. The highest BCUT2D eigenvalue weighted by atomic mass is 32.2. The lowest BCUT2D eigenvalue weighted by Crippen LogP contribution is -2.56. The van der Waals surface area contributed by atoms with Crippen LogP contribution in [0.2, 0.25) is 0 Å². The van der Waals surface area contributed by atoms with E-state index in [1.807, 2.05) is 20.1 Å². The topological polar surface area (TPSA) is 163 Å². The van der Waals surface area contributed by atoms with E-state index in [0.29, 0.717) is 30.8 Å². The van der Waals surface area contributed by atoms with Gasteiger partial charge in [0.1, 0.15) is 12.1 Å². The van der Waals surface area contributed by atoms with Crippen LogP contribution < -0.4 is 27.0 Å². The van der Waals surface area contributed by atoms with Gasteiger partial charge in [-0.1, -0.05) is 32.4 Å². The molecule has 0 saturated carbocycles. The van der Waals surface area contributed by atoms with Gasteiger partial charge in [0.15, 0.2) is 0 Å². The summed E-state index contributed by atoms with van der Waals surface area (Å²) < 4.78 is 0. The molecule has 6 amide bonds. The number of anilines is 1. The van der Waals surface area contributed by atoms with Gasteiger partial charge < -0.3 is 27.0 Å². The molecule has 0 aromatic heterocycles. The van der Waals surface area contributed by atoms with Crippen LogP contribution in [-0.4, -0.2) is 71.7 Å². The van der Waals surface area contributed by atoms with Crippen molar-refractivity contribution in [2.45, 2.75) is 45.3 Å². The molecule has 1 aliphatic heterocycles. The zero-order valence-corrected chi connectivity index (χ0v) is 22.2. The van der Waals surface area contributed by atoms with E-state index in [1.54, 1.807) is 24.3 Å². The first-order valence-corrected chi connectivity index (χ1v) is 13.6. The molecule has 202 valence electrons. The van der Waals surface area contributed by atoms with Crippen molar-refractivity contribution in [1.29, 1.82) is 0 Å². The number of nitrogens with one attached hydrogen (secondary N) is 4. The van der Waals surface area contributed by atoms with Gasteiger partial charge in [-0.3, -0.25) is 24.1 Å². The first-order chi connectivity index (χ1) is 17.7. The van der Waals surface area contributed by atoms with Crippen molar-refractivity contribution in [3.8, 4) is 0 Å². The molecule has 1 heterocycles. The molecule has 2 rings (SSSR count). The highest BCUT2D eigenvalue weighted by molar-refractivity contribution is 7.98. The van der Waals surface area contributed by atoms with Crippen LogP contribution in [0.3, 0.4) is 0 Å². The fourth-order valence-electron chi connectivity index (χ4n) is 3.56. The minimum absolute atomic E-state index is 0.0297. The second-order valence-corrected chi connectivity index (χ2v) is 9.64. The maximum Gasteiger partial charge on any atom is 0.319 e. The minimum atomic E-state index is -0.860. The summed E-state index contributed by atoms with van der Waals surface area (Å²) in [6, 6.07) is 4.79. The molecule has 0 saturated heterocycles. The smallest absolute Gasteiger partial charge is 0.319 e. The second-order valence-electron chi connectivity index (χ2n) is 8.66. The molecule has 0 unspecified atom stereocenters. The lowest BCUT2D eigenvalue weighted by Gasteiger charge is -2.27. The molecular weight excluding hydrogens is 496 g/mol. The second kappa shape index (κ2) is 15.0. The van der Waals surface area contributed by atoms with E-state index < -0.39 is 41.7 Å². The third-order valence-corrected chi connectivity index (χ3v) is 6.65. The number of carbonyl (C=O) groups is 5. The first-order valence-electron chi connectivity index (χ1n) is 12.2. The lowest BCUT2D eigenvalue weighted by molar-refractivity contribution is -0.137. The molecule has 0 bridgehead atoms. The molecule has 3 atom stereocenters. The number of amides is 6. The number of hydrogen-bond donors (Lipinski definition) is 5. The van der Waals surface area contributed by atoms with Gasteiger partial charge in [0.25, 0.3) is 11.8 Å². The summed E-state index contributed by atoms with van der Waals surface area (Å²) in [7, 11) is 0. The summed E-state index contributed by atoms with van der Waals surface area (Å²) in [5, 5.41) is 10.9. The fourth-order valence-corrected chi connectivity index (χ4v) is 4.03. The summed E-state index contributed by atoms with van der Waals surface area (Å²) in [5.41, 5.74) is 7.08. The Kier molecular flexibility index (Phi) is 12.1. The highest BCUT2D eigenvalue weighted by Gasteiger charge is 2.30. The number of rotatable bonds is 14. The van der Waals surface area contributed by atoms with Gasteiger partial charge in [-0.2, -0.15) is 11.8 Å². The molecule has 11 nitrogen and oxygen atoms in total. The molecule has 1 aromatic carbocycles. The number of benzene rings is 1. The van der Waals surface area contributed by atoms with E-state index in [-0.39, 0.29) is 19.0 Å². The highest BCUT2D eigenvalue weighted by Crippen LogP contribution is 2.12. The molecule has 1 aliphatic rings. The van der Waals surface area contributed by atoms with Crippen LogP contribution in [0.4, 0.5) is 10.5 Å². The Hall–Kier alpha value is -3.38. The van der Waals surface area contributed by atoms with Crippen molar-refractivity contribution in [1.82, 2.24) is 20.9 Å². The lowest BCUT2D eigenvalue weighted by atomic mass is 9.97. The number of hydrogen-bond acceptors (Lipinski definition) is 7. The van der Waals surface area contributed by atoms with E-state index in [4.69, 9.17) is 5.73 Å². The van der Waals surface area contributed by atoms with Gasteiger partial charge in [-0.15, -0.1) is 0 Å². The maximum atomic E-state index is 13.2. The summed E-state index contributed by atoms with van der Waals surface area (Å²) in [5.74, 6) is -1.34. The summed E-state index contributed by atoms with van der Waals surface area (Å²) in [4.78, 5) is 63.1. The van der Waals surface area contributed by atoms with Crippen molar-refractivity contribution in [3.05, 3.63) is 42.0 Å². The zero-order chi connectivity index (χ0) is 27.4. The maximum absolute atomic E-state index is 13.2. The predicted octanol–water partition coefficient (Wildman–Crippen LogP) is 0.961. The van der Waals surface area contributed by atoms with Crippen LogP contribution in [0.25, 0.3) is 0 Å². The number of carbonyl (C=O) groups excluding carboxylic acids is 5. The Morgan fingerprint density at radius 2 is 1.68 bits per heavy atom. The molecule has 0 fully saturated rings. The quantitative estimate of drug-likeness (QED) is 0.223. The van der Waals surface area contributed by atoms with E-state index >= 15 is 0 Å². The van der Waals surface area contributed by atoms with Gasteiger partial charge in [0, 0.05) is 37.5 Å². The third-order valence-electron chi connectivity index (χ3n) is 6.01. The van der Waals surface area contributed by atoms with E-state index in [9.17, 15) is 24.0 Å². The van der Waals surface area contributed by atoms with Crippen LogP contribution in [0.15, 0.2) is 36.4 Å². The van der Waals surface area contributed by atoms with Gasteiger partial charge in [-0.25, -0.2) is 4.79 Å². The van der Waals surface area contributed by atoms with Crippen LogP contribution in [-0.2, 0) is 25.7 Å². The number of nitrogens with zero attached hydrogens (tertiary/aromatic N) is 1. The molecule has 0 spiro atoms. The molecule has 6 N–H and O–H groups in total. The Labute approximate surface area is 221 Å². The molecule has 0 aliphatic carbocycles. The van der Waals surface area contributed by atoms with E-state index in [2.05, 4.69) is 21.3 Å².